The van der Waals surface area contributed by atoms with Gasteiger partial charge in [0.05, 0.1) is 24.6 Å². The van der Waals surface area contributed by atoms with Crippen LogP contribution in [0.1, 0.15) is 13.2 Å². The number of aliphatic hydroxyl groups excluding tert-OH is 2. The first kappa shape index (κ1) is 12.3. The van der Waals surface area contributed by atoms with Crippen LogP contribution in [-0.4, -0.2) is 43.6 Å². The van der Waals surface area contributed by atoms with Crippen LogP contribution < -0.4 is 5.73 Å². The van der Waals surface area contributed by atoms with Gasteiger partial charge in [-0.2, -0.15) is 0 Å². The Morgan fingerprint density at radius 3 is 2.95 bits per heavy atom. The van der Waals surface area contributed by atoms with Crippen molar-refractivity contribution in [3.05, 3.63) is 18.6 Å². The molecule has 0 bridgehead atoms. The van der Waals surface area contributed by atoms with E-state index in [1.54, 1.807) is 23.2 Å². The summed E-state index contributed by atoms with van der Waals surface area (Å²) in [4.78, 5) is 8.17. The summed E-state index contributed by atoms with van der Waals surface area (Å²) in [5.41, 5.74) is 7.09. The van der Waals surface area contributed by atoms with E-state index < -0.39 is 12.3 Å². The van der Waals surface area contributed by atoms with Gasteiger partial charge in [0.25, 0.3) is 0 Å². The Kier molecular flexibility index (Phi) is 2.89. The summed E-state index contributed by atoms with van der Waals surface area (Å²) in [7, 11) is 0. The third kappa shape index (κ3) is 1.78. The Morgan fingerprint density at radius 2 is 2.26 bits per heavy atom. The van der Waals surface area contributed by atoms with E-state index in [9.17, 15) is 10.2 Å². The zero-order chi connectivity index (χ0) is 13.6. The van der Waals surface area contributed by atoms with Crippen LogP contribution in [0.5, 0.6) is 0 Å². The van der Waals surface area contributed by atoms with Crippen LogP contribution in [0, 0.1) is 5.92 Å². The van der Waals surface area contributed by atoms with E-state index in [0.29, 0.717) is 11.3 Å². The summed E-state index contributed by atoms with van der Waals surface area (Å²) >= 11 is 0. The van der Waals surface area contributed by atoms with Gasteiger partial charge in [0, 0.05) is 12.1 Å². The molecule has 1 aliphatic rings. The fourth-order valence-corrected chi connectivity index (χ4v) is 2.49. The molecular formula is C12H16N4O3. The van der Waals surface area contributed by atoms with Crippen molar-refractivity contribution in [2.45, 2.75) is 25.4 Å². The van der Waals surface area contributed by atoms with Gasteiger partial charge in [-0.15, -0.1) is 0 Å². The van der Waals surface area contributed by atoms with Crippen molar-refractivity contribution in [3.63, 3.8) is 0 Å². The zero-order valence-electron chi connectivity index (χ0n) is 10.5. The number of hydrogen-bond acceptors (Lipinski definition) is 6. The minimum atomic E-state index is -0.705. The van der Waals surface area contributed by atoms with E-state index in [4.69, 9.17) is 10.5 Å². The number of ether oxygens (including phenoxy) is 1. The zero-order valence-corrected chi connectivity index (χ0v) is 10.5. The van der Waals surface area contributed by atoms with Crippen LogP contribution in [0.25, 0.3) is 11.0 Å². The number of aromatic nitrogens is 3. The molecular weight excluding hydrogens is 248 g/mol. The number of nitrogen functional groups attached to an aromatic ring is 1. The molecule has 4 atom stereocenters. The number of hydrogen-bond donors (Lipinski definition) is 3. The van der Waals surface area contributed by atoms with Crippen molar-refractivity contribution in [3.8, 4) is 0 Å². The third-order valence-electron chi connectivity index (χ3n) is 3.71. The molecule has 2 aromatic heterocycles. The molecule has 1 fully saturated rings. The highest BCUT2D eigenvalue weighted by atomic mass is 16.5. The summed E-state index contributed by atoms with van der Waals surface area (Å²) in [6, 6.07) is 1.77. The van der Waals surface area contributed by atoms with Crippen molar-refractivity contribution < 1.29 is 14.9 Å². The summed E-state index contributed by atoms with van der Waals surface area (Å²) < 4.78 is 7.42. The van der Waals surface area contributed by atoms with Crippen LogP contribution in [0.4, 0.5) is 5.82 Å². The standard InChI is InChI=1S/C12H16N4O3/c1-6-8(4-17)19-12(10(6)18)16-5-15-9-7(16)2-3-14-11(9)13/h2-3,5-6,8,10,12,17-18H,4H2,1H3,(H2,13,14)/t6-,8-,10-,12-/m1/s1. The average Bonchev–Trinajstić information content (AvgIpc) is 2.94. The molecule has 102 valence electrons. The van der Waals surface area contributed by atoms with Gasteiger partial charge in [-0.1, -0.05) is 6.92 Å². The Bertz CT molecular complexity index is 600. The summed E-state index contributed by atoms with van der Waals surface area (Å²) in [5, 5.41) is 19.5. The minimum Gasteiger partial charge on any atom is -0.394 e. The molecule has 19 heavy (non-hydrogen) atoms. The molecule has 0 saturated carbocycles. The van der Waals surface area contributed by atoms with Crippen molar-refractivity contribution >= 4 is 16.9 Å². The Balaban J connectivity index is 2.04. The molecule has 0 spiro atoms. The third-order valence-corrected chi connectivity index (χ3v) is 3.71. The monoisotopic (exact) mass is 264 g/mol. The number of aliphatic hydroxyl groups is 2. The number of pyridine rings is 1. The highest BCUT2D eigenvalue weighted by molar-refractivity contribution is 5.84. The Hall–Kier alpha value is -1.70. The molecule has 4 N–H and O–H groups in total. The maximum atomic E-state index is 10.2. The molecule has 3 heterocycles. The van der Waals surface area contributed by atoms with Gasteiger partial charge < -0.3 is 25.3 Å². The Morgan fingerprint density at radius 1 is 1.47 bits per heavy atom. The lowest BCUT2D eigenvalue weighted by atomic mass is 10.0. The molecule has 7 heteroatoms. The maximum absolute atomic E-state index is 10.2. The van der Waals surface area contributed by atoms with Gasteiger partial charge in [-0.05, 0) is 6.07 Å². The second-order valence-electron chi connectivity index (χ2n) is 4.81. The van der Waals surface area contributed by atoms with E-state index in [-0.39, 0.29) is 18.6 Å². The fourth-order valence-electron chi connectivity index (χ4n) is 2.49. The Labute approximate surface area is 109 Å². The predicted octanol–water partition coefficient (Wildman–Crippen LogP) is -0.0998. The number of imidazole rings is 1. The first-order chi connectivity index (χ1) is 9.13. The quantitative estimate of drug-likeness (QED) is 0.699. The molecule has 7 nitrogen and oxygen atoms in total. The second-order valence-corrected chi connectivity index (χ2v) is 4.81. The topological polar surface area (TPSA) is 106 Å². The minimum absolute atomic E-state index is 0.120. The normalized spacial score (nSPS) is 31.1. The van der Waals surface area contributed by atoms with Gasteiger partial charge in [0.15, 0.2) is 12.0 Å². The van der Waals surface area contributed by atoms with Crippen molar-refractivity contribution in [1.82, 2.24) is 14.5 Å². The molecule has 0 radical (unpaired) electrons. The molecule has 1 aliphatic heterocycles. The first-order valence-corrected chi connectivity index (χ1v) is 6.15. The summed E-state index contributed by atoms with van der Waals surface area (Å²) in [5.74, 6) is 0.196. The summed E-state index contributed by atoms with van der Waals surface area (Å²) in [6.07, 6.45) is 1.51. The van der Waals surface area contributed by atoms with Crippen LogP contribution in [-0.2, 0) is 4.74 Å². The first-order valence-electron chi connectivity index (χ1n) is 6.15. The van der Waals surface area contributed by atoms with Crippen LogP contribution in [0.3, 0.4) is 0 Å². The maximum Gasteiger partial charge on any atom is 0.162 e. The van der Waals surface area contributed by atoms with Crippen LogP contribution >= 0.6 is 0 Å². The van der Waals surface area contributed by atoms with Crippen molar-refractivity contribution in [1.29, 1.82) is 0 Å². The lowest BCUT2D eigenvalue weighted by molar-refractivity contribution is -0.0489. The largest absolute Gasteiger partial charge is 0.394 e. The van der Waals surface area contributed by atoms with Gasteiger partial charge in [-0.25, -0.2) is 9.97 Å². The number of nitrogens with two attached hydrogens (primary N) is 1. The van der Waals surface area contributed by atoms with Crippen molar-refractivity contribution in [2.24, 2.45) is 5.92 Å². The van der Waals surface area contributed by atoms with E-state index >= 15 is 0 Å². The lowest BCUT2D eigenvalue weighted by Gasteiger charge is -2.17. The average molecular weight is 264 g/mol. The van der Waals surface area contributed by atoms with Gasteiger partial charge in [-0.3, -0.25) is 0 Å². The highest BCUT2D eigenvalue weighted by Crippen LogP contribution is 2.35. The smallest absolute Gasteiger partial charge is 0.162 e. The second kappa shape index (κ2) is 4.44. The molecule has 0 amide bonds. The SMILES string of the molecule is C[C@H]1[C@@H](O)[C@H](n2cnc3c(N)nccc32)O[C@@H]1CO. The number of fused-ring (bicyclic) bond motifs is 1. The van der Waals surface area contributed by atoms with Crippen molar-refractivity contribution in [2.75, 3.05) is 12.3 Å². The predicted molar refractivity (Wildman–Crippen MR) is 68.1 cm³/mol. The van der Waals surface area contributed by atoms with E-state index in [2.05, 4.69) is 9.97 Å². The number of rotatable bonds is 2. The van der Waals surface area contributed by atoms with E-state index in [1.807, 2.05) is 6.92 Å². The van der Waals surface area contributed by atoms with Gasteiger partial charge in [0.2, 0.25) is 0 Å². The van der Waals surface area contributed by atoms with E-state index in [1.165, 1.54) is 0 Å². The lowest BCUT2D eigenvalue weighted by Crippen LogP contribution is -2.25. The van der Waals surface area contributed by atoms with Gasteiger partial charge >= 0.3 is 0 Å². The number of nitrogens with zero attached hydrogens (tertiary/aromatic N) is 3. The highest BCUT2D eigenvalue weighted by Gasteiger charge is 2.41. The van der Waals surface area contributed by atoms with E-state index in [0.717, 1.165) is 5.52 Å². The molecule has 1 saturated heterocycles. The van der Waals surface area contributed by atoms with Crippen LogP contribution in [0.2, 0.25) is 0 Å². The summed E-state index contributed by atoms with van der Waals surface area (Å²) in [6.45, 7) is 1.73. The molecule has 0 unspecified atom stereocenters. The molecule has 3 rings (SSSR count). The molecule has 2 aromatic rings. The van der Waals surface area contributed by atoms with Crippen LogP contribution in [0.15, 0.2) is 18.6 Å². The van der Waals surface area contributed by atoms with Gasteiger partial charge in [0.1, 0.15) is 11.6 Å². The number of anilines is 1. The fraction of sp³-hybridized carbons (Fsp3) is 0.500. The molecule has 0 aliphatic carbocycles. The molecule has 0 aromatic carbocycles.